The van der Waals surface area contributed by atoms with Crippen molar-refractivity contribution in [3.05, 3.63) is 94.2 Å². The SMILES string of the molecule is COc1ccc(-c2nc(CCNC(=O)Cn3nc(-c4cccc5ccccc45)ccc3=O)cs2)cc1OC. The van der Waals surface area contributed by atoms with Gasteiger partial charge in [-0.3, -0.25) is 9.59 Å². The van der Waals surface area contributed by atoms with Crippen LogP contribution in [0.1, 0.15) is 5.69 Å². The molecule has 0 saturated carbocycles. The molecule has 8 nitrogen and oxygen atoms in total. The summed E-state index contributed by atoms with van der Waals surface area (Å²) in [6.45, 7) is 0.233. The van der Waals surface area contributed by atoms with Crippen LogP contribution in [0.2, 0.25) is 0 Å². The summed E-state index contributed by atoms with van der Waals surface area (Å²) >= 11 is 1.52. The molecule has 0 aliphatic carbocycles. The van der Waals surface area contributed by atoms with E-state index in [4.69, 9.17) is 9.47 Å². The molecule has 2 aromatic heterocycles. The predicted molar refractivity (Wildman–Crippen MR) is 149 cm³/mol. The van der Waals surface area contributed by atoms with E-state index in [1.807, 2.05) is 66.0 Å². The zero-order valence-electron chi connectivity index (χ0n) is 21.0. The Balaban J connectivity index is 1.22. The topological polar surface area (TPSA) is 95.3 Å². The number of nitrogens with one attached hydrogen (secondary N) is 1. The maximum absolute atomic E-state index is 12.6. The summed E-state index contributed by atoms with van der Waals surface area (Å²) in [5.41, 5.74) is 3.02. The molecule has 5 rings (SSSR count). The van der Waals surface area contributed by atoms with Crippen molar-refractivity contribution >= 4 is 28.0 Å². The predicted octanol–water partition coefficient (Wildman–Crippen LogP) is 4.56. The minimum absolute atomic E-state index is 0.161. The van der Waals surface area contributed by atoms with E-state index >= 15 is 0 Å². The molecule has 5 aromatic rings. The Morgan fingerprint density at radius 1 is 0.974 bits per heavy atom. The number of rotatable bonds is 9. The van der Waals surface area contributed by atoms with Gasteiger partial charge in [0.2, 0.25) is 5.91 Å². The van der Waals surface area contributed by atoms with E-state index in [0.717, 1.165) is 32.6 Å². The third-order valence-corrected chi connectivity index (χ3v) is 7.05. The highest BCUT2D eigenvalue weighted by molar-refractivity contribution is 7.13. The molecule has 0 bridgehead atoms. The van der Waals surface area contributed by atoms with Crippen molar-refractivity contribution in [1.82, 2.24) is 20.1 Å². The third-order valence-electron chi connectivity index (χ3n) is 6.11. The number of ether oxygens (including phenoxy) is 2. The van der Waals surface area contributed by atoms with Gasteiger partial charge in [-0.1, -0.05) is 42.5 Å². The number of benzene rings is 3. The Hall–Kier alpha value is -4.50. The first kappa shape index (κ1) is 25.2. The normalized spacial score (nSPS) is 10.9. The van der Waals surface area contributed by atoms with E-state index < -0.39 is 0 Å². The van der Waals surface area contributed by atoms with Crippen molar-refractivity contribution in [2.45, 2.75) is 13.0 Å². The molecule has 2 heterocycles. The van der Waals surface area contributed by atoms with Crippen molar-refractivity contribution in [1.29, 1.82) is 0 Å². The maximum Gasteiger partial charge on any atom is 0.267 e. The summed E-state index contributed by atoms with van der Waals surface area (Å²) in [5.74, 6) is 1.01. The highest BCUT2D eigenvalue weighted by atomic mass is 32.1. The second kappa shape index (κ2) is 11.3. The molecule has 1 N–H and O–H groups in total. The van der Waals surface area contributed by atoms with Crippen LogP contribution in [0, 0.1) is 0 Å². The largest absolute Gasteiger partial charge is 0.493 e. The molecule has 1 amide bonds. The molecule has 0 saturated heterocycles. The van der Waals surface area contributed by atoms with E-state index in [2.05, 4.69) is 15.4 Å². The number of thiazole rings is 1. The summed E-state index contributed by atoms with van der Waals surface area (Å²) in [4.78, 5) is 29.7. The fourth-order valence-corrected chi connectivity index (χ4v) is 5.05. The standard InChI is InChI=1S/C29H26N4O4S/c1-36-25-12-10-20(16-26(25)37-2)29-31-21(18-38-29)14-15-30-27(34)17-33-28(35)13-11-24(32-33)23-9-5-7-19-6-3-4-8-22(19)23/h3-13,16,18H,14-15,17H2,1-2H3,(H,30,34). The highest BCUT2D eigenvalue weighted by Crippen LogP contribution is 2.33. The van der Waals surface area contributed by atoms with Crippen LogP contribution in [0.15, 0.2) is 83.0 Å². The molecule has 0 atom stereocenters. The Morgan fingerprint density at radius 2 is 1.79 bits per heavy atom. The molecule has 0 spiro atoms. The lowest BCUT2D eigenvalue weighted by Crippen LogP contribution is -2.34. The fraction of sp³-hybridized carbons (Fsp3) is 0.172. The van der Waals surface area contributed by atoms with Crippen LogP contribution in [0.3, 0.4) is 0 Å². The molecule has 38 heavy (non-hydrogen) atoms. The van der Waals surface area contributed by atoms with Crippen molar-refractivity contribution in [3.8, 4) is 33.3 Å². The lowest BCUT2D eigenvalue weighted by Gasteiger charge is -2.10. The summed E-state index contributed by atoms with van der Waals surface area (Å²) in [6, 6.07) is 22.7. The highest BCUT2D eigenvalue weighted by Gasteiger charge is 2.12. The number of hydrogen-bond acceptors (Lipinski definition) is 7. The molecule has 0 aliphatic rings. The molecular weight excluding hydrogens is 500 g/mol. The van der Waals surface area contributed by atoms with Gasteiger partial charge in [0.15, 0.2) is 11.5 Å². The van der Waals surface area contributed by atoms with E-state index in [1.165, 1.54) is 22.1 Å². The quantitative estimate of drug-likeness (QED) is 0.303. The molecule has 192 valence electrons. The molecule has 0 radical (unpaired) electrons. The summed E-state index contributed by atoms with van der Waals surface area (Å²) in [6.07, 6.45) is 0.563. The first-order valence-electron chi connectivity index (χ1n) is 12.1. The Kier molecular flexibility index (Phi) is 7.46. The first-order chi connectivity index (χ1) is 18.6. The van der Waals surface area contributed by atoms with E-state index in [0.29, 0.717) is 30.2 Å². The number of hydrogen-bond donors (Lipinski definition) is 1. The zero-order valence-corrected chi connectivity index (χ0v) is 21.8. The average molecular weight is 527 g/mol. The number of methoxy groups -OCH3 is 2. The van der Waals surface area contributed by atoms with Gasteiger partial charge in [-0.2, -0.15) is 5.10 Å². The number of carbonyl (C=O) groups is 1. The summed E-state index contributed by atoms with van der Waals surface area (Å²) in [5, 5.41) is 12.3. The van der Waals surface area contributed by atoms with Crippen LogP contribution < -0.4 is 20.3 Å². The Bertz CT molecular complexity index is 1660. The number of carbonyl (C=O) groups excluding carboxylic acids is 1. The molecule has 0 unspecified atom stereocenters. The summed E-state index contributed by atoms with van der Waals surface area (Å²) in [7, 11) is 3.20. The van der Waals surface area contributed by atoms with E-state index in [1.54, 1.807) is 20.3 Å². The molecular formula is C29H26N4O4S. The van der Waals surface area contributed by atoms with Gasteiger partial charge in [0.1, 0.15) is 11.6 Å². The minimum atomic E-state index is -0.330. The van der Waals surface area contributed by atoms with Crippen molar-refractivity contribution in [3.63, 3.8) is 0 Å². The van der Waals surface area contributed by atoms with Gasteiger partial charge in [0.05, 0.1) is 25.6 Å². The van der Waals surface area contributed by atoms with Crippen molar-refractivity contribution < 1.29 is 14.3 Å². The van der Waals surface area contributed by atoms with Crippen LogP contribution in [0.25, 0.3) is 32.6 Å². The van der Waals surface area contributed by atoms with Gasteiger partial charge in [-0.25, -0.2) is 9.67 Å². The van der Waals surface area contributed by atoms with Crippen molar-refractivity contribution in [2.75, 3.05) is 20.8 Å². The van der Waals surface area contributed by atoms with Crippen LogP contribution in [0.4, 0.5) is 0 Å². The van der Waals surface area contributed by atoms with Crippen LogP contribution in [-0.2, 0) is 17.8 Å². The van der Waals surface area contributed by atoms with Crippen LogP contribution in [0.5, 0.6) is 11.5 Å². The lowest BCUT2D eigenvalue weighted by atomic mass is 10.0. The lowest BCUT2D eigenvalue weighted by molar-refractivity contribution is -0.121. The molecule has 0 aliphatic heterocycles. The van der Waals surface area contributed by atoms with Gasteiger partial charge in [0.25, 0.3) is 5.56 Å². The van der Waals surface area contributed by atoms with Gasteiger partial charge < -0.3 is 14.8 Å². The second-order valence-electron chi connectivity index (χ2n) is 8.55. The Morgan fingerprint density at radius 3 is 2.63 bits per heavy atom. The van der Waals surface area contributed by atoms with E-state index in [9.17, 15) is 9.59 Å². The molecule has 3 aromatic carbocycles. The van der Waals surface area contributed by atoms with Crippen molar-refractivity contribution in [2.24, 2.45) is 0 Å². The first-order valence-corrected chi connectivity index (χ1v) is 12.9. The fourth-order valence-electron chi connectivity index (χ4n) is 4.20. The maximum atomic E-state index is 12.6. The monoisotopic (exact) mass is 526 g/mol. The smallest absolute Gasteiger partial charge is 0.267 e. The third kappa shape index (κ3) is 5.42. The van der Waals surface area contributed by atoms with Gasteiger partial charge in [0, 0.05) is 35.5 Å². The molecule has 0 fully saturated rings. The zero-order chi connectivity index (χ0) is 26.5. The summed E-state index contributed by atoms with van der Waals surface area (Å²) < 4.78 is 11.9. The number of nitrogens with zero attached hydrogens (tertiary/aromatic N) is 3. The number of fused-ring (bicyclic) bond motifs is 1. The molecule has 9 heteroatoms. The minimum Gasteiger partial charge on any atom is -0.493 e. The number of aromatic nitrogens is 3. The number of amides is 1. The van der Waals surface area contributed by atoms with Crippen LogP contribution in [-0.4, -0.2) is 41.4 Å². The second-order valence-corrected chi connectivity index (χ2v) is 9.41. The van der Waals surface area contributed by atoms with Crippen LogP contribution >= 0.6 is 11.3 Å². The van der Waals surface area contributed by atoms with Gasteiger partial charge in [-0.05, 0) is 35.0 Å². The van der Waals surface area contributed by atoms with E-state index in [-0.39, 0.29) is 18.0 Å². The van der Waals surface area contributed by atoms with Gasteiger partial charge >= 0.3 is 0 Å². The Labute approximate surface area is 223 Å². The van der Waals surface area contributed by atoms with Gasteiger partial charge in [-0.15, -0.1) is 11.3 Å². The average Bonchev–Trinajstić information content (AvgIpc) is 3.42.